The highest BCUT2D eigenvalue weighted by Gasteiger charge is 2.57. The molecular formula is C56H71BN8O7. The number of nitrogens with two attached hydrogens (primary N) is 1. The molecule has 2 aromatic heterocycles. The van der Waals surface area contributed by atoms with Crippen molar-refractivity contribution in [3.05, 3.63) is 126 Å². The van der Waals surface area contributed by atoms with E-state index in [0.29, 0.717) is 48.7 Å². The Bertz CT molecular complexity index is 2740. The van der Waals surface area contributed by atoms with E-state index in [9.17, 15) is 24.3 Å². The summed E-state index contributed by atoms with van der Waals surface area (Å²) in [5.74, 6) is -0.702. The van der Waals surface area contributed by atoms with Crippen LogP contribution in [0.3, 0.4) is 0 Å². The number of carbonyl (C=O) groups excluding carboxylic acids is 4. The molecule has 3 amide bonds. The third kappa shape index (κ3) is 11.8. The van der Waals surface area contributed by atoms with Crippen molar-refractivity contribution in [1.29, 1.82) is 0 Å². The number of nitrogens with zero attached hydrogens (tertiary/aromatic N) is 5. The van der Waals surface area contributed by atoms with E-state index in [1.165, 1.54) is 18.6 Å². The molecule has 16 heteroatoms. The Morgan fingerprint density at radius 2 is 1.75 bits per heavy atom. The third-order valence-electron chi connectivity index (χ3n) is 15.1. The molecule has 2 saturated heterocycles. The van der Waals surface area contributed by atoms with Crippen molar-refractivity contribution in [2.75, 3.05) is 13.1 Å². The lowest BCUT2D eigenvalue weighted by Gasteiger charge is -2.37. The molecule has 2 aliphatic carbocycles. The molecule has 0 bridgehead atoms. The van der Waals surface area contributed by atoms with Crippen molar-refractivity contribution in [2.24, 2.45) is 34.4 Å². The fourth-order valence-corrected chi connectivity index (χ4v) is 10.5. The van der Waals surface area contributed by atoms with Crippen molar-refractivity contribution >= 4 is 53.0 Å². The zero-order valence-electron chi connectivity index (χ0n) is 42.8. The van der Waals surface area contributed by atoms with E-state index in [4.69, 9.17) is 15.0 Å². The molecule has 5 atom stereocenters. The molecule has 5 N–H and O–H groups in total. The molecule has 0 spiro atoms. The SMILES string of the molecule is CC(C)CC(NC(=O)C(CC1=CCCC=C1)NC(=O)c1cnccn1)B1OC(C)(C)C(C)(c2ccc(C(=O)N3CCC(CCn4ccc5cc(N=C(N)C6=CC(C(C)C)C(O)CC6=O)ccc54)CC3)cc2)O1. The lowest BCUT2D eigenvalue weighted by molar-refractivity contribution is -0.123. The summed E-state index contributed by atoms with van der Waals surface area (Å²) in [6.07, 6.45) is 19.2. The maximum absolute atomic E-state index is 14.2. The van der Waals surface area contributed by atoms with Crippen LogP contribution in [0.1, 0.15) is 126 Å². The third-order valence-corrected chi connectivity index (χ3v) is 15.1. The Kier molecular flexibility index (Phi) is 16.1. The van der Waals surface area contributed by atoms with Crippen molar-refractivity contribution in [3.63, 3.8) is 0 Å². The van der Waals surface area contributed by atoms with Gasteiger partial charge in [-0.2, -0.15) is 0 Å². The van der Waals surface area contributed by atoms with Crippen molar-refractivity contribution in [2.45, 2.75) is 136 Å². The van der Waals surface area contributed by atoms with E-state index in [-0.39, 0.29) is 53.3 Å². The van der Waals surface area contributed by atoms with Gasteiger partial charge in [0.25, 0.3) is 11.8 Å². The smallest absolute Gasteiger partial charge is 0.402 e. The molecule has 0 radical (unpaired) electrons. The first kappa shape index (κ1) is 52.1. The number of amides is 3. The van der Waals surface area contributed by atoms with Gasteiger partial charge in [0.05, 0.1) is 35.1 Å². The van der Waals surface area contributed by atoms with Crippen LogP contribution in [0.4, 0.5) is 5.69 Å². The maximum atomic E-state index is 14.2. The van der Waals surface area contributed by atoms with Crippen LogP contribution in [0.15, 0.2) is 114 Å². The normalized spacial score (nSPS) is 22.5. The second-order valence-electron chi connectivity index (χ2n) is 21.4. The predicted octanol–water partition coefficient (Wildman–Crippen LogP) is 7.96. The Morgan fingerprint density at radius 3 is 2.43 bits per heavy atom. The van der Waals surface area contributed by atoms with Crippen LogP contribution in [0.25, 0.3) is 10.9 Å². The summed E-state index contributed by atoms with van der Waals surface area (Å²) in [7, 11) is -0.799. The number of aryl methyl sites for hydroxylation is 1. The molecule has 72 heavy (non-hydrogen) atoms. The monoisotopic (exact) mass is 979 g/mol. The number of hydrogen-bond donors (Lipinski definition) is 4. The van der Waals surface area contributed by atoms with Gasteiger partial charge in [-0.25, -0.2) is 9.98 Å². The zero-order chi connectivity index (χ0) is 51.3. The molecule has 4 aromatic rings. The molecule has 8 rings (SSSR count). The summed E-state index contributed by atoms with van der Waals surface area (Å²) in [6, 6.07) is 14.8. The molecule has 2 aliphatic heterocycles. The lowest BCUT2D eigenvalue weighted by Crippen LogP contribution is -2.55. The summed E-state index contributed by atoms with van der Waals surface area (Å²) in [5, 5.41) is 17.5. The maximum Gasteiger partial charge on any atom is 0.482 e. The summed E-state index contributed by atoms with van der Waals surface area (Å²) < 4.78 is 15.8. The summed E-state index contributed by atoms with van der Waals surface area (Å²) >= 11 is 0. The molecule has 380 valence electrons. The van der Waals surface area contributed by atoms with Gasteiger partial charge in [-0.1, -0.05) is 64.1 Å². The Hall–Kier alpha value is -6.23. The molecule has 2 fully saturated rings. The minimum atomic E-state index is -0.929. The number of aliphatic hydroxyl groups is 1. The zero-order valence-corrected chi connectivity index (χ0v) is 42.8. The molecule has 5 unspecified atom stereocenters. The number of aromatic nitrogens is 3. The lowest BCUT2D eigenvalue weighted by atomic mass is 9.73. The van der Waals surface area contributed by atoms with Crippen LogP contribution in [0.2, 0.25) is 0 Å². The highest BCUT2D eigenvalue weighted by molar-refractivity contribution is 6.48. The number of allylic oxidation sites excluding steroid dienone is 3. The topological polar surface area (TPSA) is 203 Å². The molecular weight excluding hydrogens is 907 g/mol. The van der Waals surface area contributed by atoms with Gasteiger partial charge in [0, 0.05) is 73.5 Å². The van der Waals surface area contributed by atoms with Gasteiger partial charge in [0.1, 0.15) is 23.2 Å². The van der Waals surface area contributed by atoms with E-state index in [0.717, 1.165) is 60.7 Å². The van der Waals surface area contributed by atoms with Crippen molar-refractivity contribution < 1.29 is 33.6 Å². The first-order chi connectivity index (χ1) is 34.4. The largest absolute Gasteiger partial charge is 0.482 e. The average Bonchev–Trinajstić information content (AvgIpc) is 3.88. The summed E-state index contributed by atoms with van der Waals surface area (Å²) in [5.41, 5.74) is 9.32. The number of ketones is 1. The number of rotatable bonds is 17. The molecule has 4 heterocycles. The predicted molar refractivity (Wildman–Crippen MR) is 280 cm³/mol. The first-order valence-corrected chi connectivity index (χ1v) is 25.7. The van der Waals surface area contributed by atoms with E-state index < -0.39 is 42.3 Å². The highest BCUT2D eigenvalue weighted by atomic mass is 16.7. The van der Waals surface area contributed by atoms with Crippen LogP contribution >= 0.6 is 0 Å². The average molecular weight is 979 g/mol. The number of fused-ring (bicyclic) bond motifs is 1. The van der Waals surface area contributed by atoms with Crippen LogP contribution in [-0.2, 0) is 31.0 Å². The van der Waals surface area contributed by atoms with E-state index in [2.05, 4.69) is 68.4 Å². The minimum absolute atomic E-state index is 0.00278. The standard InChI is InChI=1S/C56H71BN8O7/c1-35(2)29-50(63-52(68)45(30-38-11-9-8-10-12-38)62-53(69)46-34-59-23-24-60-46)57-71-55(5,6)56(7,72-57)41-15-13-39(14-16-41)54(70)65-26-20-37(21-27-65)19-25-64-28-22-40-31-42(17-18-47(40)64)61-51(58)44-32-43(36(3)4)48(66)33-49(44)67/h9,11-18,22-24,28,31-32,34-37,43,45,48,50,66H,8,10,19-21,25-27,29-30,33H2,1-7H3,(H2,58,61)(H,62,69)(H,63,68). The summed E-state index contributed by atoms with van der Waals surface area (Å²) in [4.78, 5) is 68.8. The van der Waals surface area contributed by atoms with E-state index in [1.807, 2.05) is 88.1 Å². The fourth-order valence-electron chi connectivity index (χ4n) is 10.5. The minimum Gasteiger partial charge on any atom is -0.402 e. The molecule has 0 saturated carbocycles. The number of piperidine rings is 1. The van der Waals surface area contributed by atoms with Crippen LogP contribution in [-0.4, -0.2) is 97.8 Å². The number of hydrogen-bond acceptors (Lipinski definition) is 10. The number of amidine groups is 1. The van der Waals surface area contributed by atoms with Crippen LogP contribution < -0.4 is 16.4 Å². The number of aliphatic imine (C=N–C) groups is 1. The van der Waals surface area contributed by atoms with Gasteiger partial charge in [-0.3, -0.25) is 24.2 Å². The number of nitrogens with one attached hydrogen (secondary N) is 2. The first-order valence-electron chi connectivity index (χ1n) is 25.7. The molecule has 4 aliphatic rings. The molecule has 2 aromatic carbocycles. The molecule has 15 nitrogen and oxygen atoms in total. The van der Waals surface area contributed by atoms with Gasteiger partial charge in [0.15, 0.2) is 5.78 Å². The van der Waals surface area contributed by atoms with E-state index >= 15 is 0 Å². The van der Waals surface area contributed by atoms with Crippen molar-refractivity contribution in [3.8, 4) is 0 Å². The van der Waals surface area contributed by atoms with Crippen LogP contribution in [0, 0.1) is 23.7 Å². The number of benzene rings is 2. The fraction of sp³-hybridized carbons (Fsp3) is 0.482. The van der Waals surface area contributed by atoms with Gasteiger partial charge < -0.3 is 40.2 Å². The van der Waals surface area contributed by atoms with Gasteiger partial charge in [0.2, 0.25) is 5.91 Å². The van der Waals surface area contributed by atoms with Gasteiger partial charge in [-0.05, 0) is 125 Å². The number of Topliss-reactive ketones (excluding diaryl/α,β-unsaturated/α-hetero) is 1. The second-order valence-corrected chi connectivity index (χ2v) is 21.4. The van der Waals surface area contributed by atoms with Gasteiger partial charge >= 0.3 is 7.12 Å². The van der Waals surface area contributed by atoms with Gasteiger partial charge in [-0.15, -0.1) is 0 Å². The Morgan fingerprint density at radius 1 is 0.986 bits per heavy atom. The van der Waals surface area contributed by atoms with Crippen molar-refractivity contribution in [1.82, 2.24) is 30.1 Å². The van der Waals surface area contributed by atoms with E-state index in [1.54, 1.807) is 6.08 Å². The highest BCUT2D eigenvalue weighted by Crippen LogP contribution is 2.46. The Labute approximate surface area is 424 Å². The quantitative estimate of drug-likeness (QED) is 0.0457. The second kappa shape index (κ2) is 22.3. The number of aliphatic hydroxyl groups excluding tert-OH is 1. The van der Waals surface area contributed by atoms with Crippen LogP contribution in [0.5, 0.6) is 0 Å². The number of likely N-dealkylation sites (tertiary alicyclic amines) is 1. The Balaban J connectivity index is 0.861. The number of carbonyl (C=O) groups is 4. The summed E-state index contributed by atoms with van der Waals surface area (Å²) in [6.45, 7) is 16.4.